The summed E-state index contributed by atoms with van der Waals surface area (Å²) in [6.07, 6.45) is 0. The van der Waals surface area contributed by atoms with Gasteiger partial charge in [0.15, 0.2) is 0 Å². The van der Waals surface area contributed by atoms with Crippen molar-refractivity contribution in [1.29, 1.82) is 0 Å². The molecule has 10 aromatic carbocycles. The fraction of sp³-hybridized carbons (Fsp3) is 0.0175. The molecule has 0 aliphatic heterocycles. The van der Waals surface area contributed by atoms with E-state index in [2.05, 4.69) is 241 Å². The molecule has 1 aliphatic rings. The Morgan fingerprint density at radius 2 is 0.862 bits per heavy atom. The van der Waals surface area contributed by atoms with Gasteiger partial charge in [-0.2, -0.15) is 0 Å². The summed E-state index contributed by atoms with van der Waals surface area (Å²) in [6, 6.07) is 86.9. The smallest absolute Gasteiger partial charge is 0.0714 e. The van der Waals surface area contributed by atoms with Crippen molar-refractivity contribution in [3.05, 3.63) is 259 Å². The number of para-hydroxylation sites is 1. The quantitative estimate of drug-likeness (QED) is 0.147. The maximum atomic E-state index is 2.48. The van der Waals surface area contributed by atoms with Gasteiger partial charge in [0, 0.05) is 16.9 Å². The Morgan fingerprint density at radius 1 is 0.310 bits per heavy atom. The maximum Gasteiger partial charge on any atom is 0.0714 e. The third kappa shape index (κ3) is 5.25. The topological polar surface area (TPSA) is 3.24 Å². The molecule has 0 saturated carbocycles. The fourth-order valence-corrected chi connectivity index (χ4v) is 9.70. The Balaban J connectivity index is 1.24. The Hall–Kier alpha value is -7.48. The van der Waals surface area contributed by atoms with Crippen LogP contribution in [0.4, 0.5) is 17.1 Å². The second-order valence-electron chi connectivity index (χ2n) is 15.2. The Bertz CT molecular complexity index is 3060. The van der Waals surface area contributed by atoms with Gasteiger partial charge < -0.3 is 4.90 Å². The van der Waals surface area contributed by atoms with Crippen LogP contribution in [-0.4, -0.2) is 0 Å². The lowest BCUT2D eigenvalue weighted by Crippen LogP contribution is -2.28. The molecule has 0 saturated heterocycles. The summed E-state index contributed by atoms with van der Waals surface area (Å²) < 4.78 is 0. The number of fused-ring (bicyclic) bond motifs is 6. The van der Waals surface area contributed by atoms with Gasteiger partial charge in [0.25, 0.3) is 0 Å². The van der Waals surface area contributed by atoms with Crippen molar-refractivity contribution in [2.45, 2.75) is 5.41 Å². The first kappa shape index (κ1) is 33.8. The molecule has 1 aliphatic carbocycles. The molecular formula is C57H39N. The van der Waals surface area contributed by atoms with Crippen LogP contribution >= 0.6 is 0 Å². The van der Waals surface area contributed by atoms with Crippen molar-refractivity contribution in [3.8, 4) is 33.4 Å². The molecule has 0 radical (unpaired) electrons. The predicted molar refractivity (Wildman–Crippen MR) is 244 cm³/mol. The van der Waals surface area contributed by atoms with E-state index < -0.39 is 5.41 Å². The second-order valence-corrected chi connectivity index (χ2v) is 15.2. The van der Waals surface area contributed by atoms with Gasteiger partial charge in [-0.15, -0.1) is 0 Å². The lowest BCUT2D eigenvalue weighted by molar-refractivity contribution is 0.768. The third-order valence-electron chi connectivity index (χ3n) is 12.1. The van der Waals surface area contributed by atoms with E-state index in [1.165, 1.54) is 77.2 Å². The molecule has 0 heterocycles. The van der Waals surface area contributed by atoms with E-state index in [0.717, 1.165) is 17.1 Å². The van der Waals surface area contributed by atoms with Crippen LogP contribution in [-0.2, 0) is 5.41 Å². The van der Waals surface area contributed by atoms with Crippen LogP contribution in [0.5, 0.6) is 0 Å². The molecule has 11 rings (SSSR count). The molecule has 0 aromatic heterocycles. The van der Waals surface area contributed by atoms with Crippen molar-refractivity contribution >= 4 is 38.6 Å². The molecule has 0 spiro atoms. The van der Waals surface area contributed by atoms with Crippen LogP contribution < -0.4 is 4.90 Å². The second kappa shape index (κ2) is 13.9. The molecule has 58 heavy (non-hydrogen) atoms. The van der Waals surface area contributed by atoms with Crippen LogP contribution in [0.25, 0.3) is 54.9 Å². The highest BCUT2D eigenvalue weighted by Crippen LogP contribution is 2.58. The number of hydrogen-bond donors (Lipinski definition) is 0. The minimum atomic E-state index is -0.518. The van der Waals surface area contributed by atoms with Gasteiger partial charge in [0.1, 0.15) is 0 Å². The van der Waals surface area contributed by atoms with Gasteiger partial charge in [-0.05, 0) is 108 Å². The SMILES string of the molecule is c1ccc(-c2cccc(N(c3ccccc3)c3ccc4c(c3)C(c3ccccc3)(c3ccccc3)c3ccccc3-4)c2-c2cc3ccccc3c3ccccc23)cc1. The first-order valence-corrected chi connectivity index (χ1v) is 20.1. The summed E-state index contributed by atoms with van der Waals surface area (Å²) in [4.78, 5) is 2.48. The van der Waals surface area contributed by atoms with Gasteiger partial charge >= 0.3 is 0 Å². The van der Waals surface area contributed by atoms with Crippen molar-refractivity contribution in [2.24, 2.45) is 0 Å². The highest BCUT2D eigenvalue weighted by molar-refractivity contribution is 6.16. The van der Waals surface area contributed by atoms with Gasteiger partial charge in [0.2, 0.25) is 0 Å². The van der Waals surface area contributed by atoms with E-state index in [-0.39, 0.29) is 0 Å². The van der Waals surface area contributed by atoms with Crippen molar-refractivity contribution in [1.82, 2.24) is 0 Å². The Morgan fingerprint density at radius 3 is 1.59 bits per heavy atom. The summed E-state index contributed by atoms with van der Waals surface area (Å²) in [5, 5.41) is 4.97. The van der Waals surface area contributed by atoms with Gasteiger partial charge in [0.05, 0.1) is 11.1 Å². The monoisotopic (exact) mass is 737 g/mol. The molecule has 0 N–H and O–H groups in total. The van der Waals surface area contributed by atoms with E-state index in [9.17, 15) is 0 Å². The number of anilines is 3. The number of hydrogen-bond acceptors (Lipinski definition) is 1. The van der Waals surface area contributed by atoms with Crippen LogP contribution in [0.15, 0.2) is 237 Å². The van der Waals surface area contributed by atoms with Crippen LogP contribution in [0.2, 0.25) is 0 Å². The zero-order valence-corrected chi connectivity index (χ0v) is 32.0. The average molecular weight is 738 g/mol. The normalized spacial score (nSPS) is 12.6. The molecule has 0 atom stereocenters. The average Bonchev–Trinajstić information content (AvgIpc) is 3.60. The molecule has 272 valence electrons. The maximum absolute atomic E-state index is 2.48. The zero-order chi connectivity index (χ0) is 38.5. The first-order chi connectivity index (χ1) is 28.8. The summed E-state index contributed by atoms with van der Waals surface area (Å²) in [5.74, 6) is 0. The summed E-state index contributed by atoms with van der Waals surface area (Å²) >= 11 is 0. The van der Waals surface area contributed by atoms with E-state index in [0.29, 0.717) is 0 Å². The lowest BCUT2D eigenvalue weighted by Gasteiger charge is -2.35. The molecule has 10 aromatic rings. The standard InChI is InChI=1S/C57H39N/c1-5-20-40(21-6-1)47-33-19-35-55(56(47)52-38-41-22-13-14-29-46(41)48-30-15-16-31-49(48)52)58(44-27-11-4-12-28-44)45-36-37-51-50-32-17-18-34-53(50)57(54(51)39-45,42-23-7-2-8-24-42)43-25-9-3-10-26-43/h1-39H. The van der Waals surface area contributed by atoms with Gasteiger partial charge in [-0.25, -0.2) is 0 Å². The number of rotatable bonds is 7. The minimum Gasteiger partial charge on any atom is -0.310 e. The van der Waals surface area contributed by atoms with E-state index in [1.54, 1.807) is 0 Å². The summed E-state index contributed by atoms with van der Waals surface area (Å²) in [5.41, 5.74) is 15.2. The highest BCUT2D eigenvalue weighted by atomic mass is 15.1. The van der Waals surface area contributed by atoms with E-state index in [4.69, 9.17) is 0 Å². The summed E-state index contributed by atoms with van der Waals surface area (Å²) in [6.45, 7) is 0. The van der Waals surface area contributed by atoms with E-state index >= 15 is 0 Å². The largest absolute Gasteiger partial charge is 0.310 e. The lowest BCUT2D eigenvalue weighted by atomic mass is 9.67. The Labute approximate surface area is 339 Å². The fourth-order valence-electron chi connectivity index (χ4n) is 9.70. The third-order valence-corrected chi connectivity index (χ3v) is 12.1. The molecule has 0 unspecified atom stereocenters. The van der Waals surface area contributed by atoms with Gasteiger partial charge in [-0.1, -0.05) is 200 Å². The van der Waals surface area contributed by atoms with Crippen molar-refractivity contribution < 1.29 is 0 Å². The minimum absolute atomic E-state index is 0.518. The summed E-state index contributed by atoms with van der Waals surface area (Å²) in [7, 11) is 0. The number of benzene rings is 10. The first-order valence-electron chi connectivity index (χ1n) is 20.1. The predicted octanol–water partition coefficient (Wildman–Crippen LogP) is 15.2. The zero-order valence-electron chi connectivity index (χ0n) is 32.0. The van der Waals surface area contributed by atoms with Crippen molar-refractivity contribution in [2.75, 3.05) is 4.90 Å². The van der Waals surface area contributed by atoms with Crippen molar-refractivity contribution in [3.63, 3.8) is 0 Å². The van der Waals surface area contributed by atoms with Crippen LogP contribution in [0.1, 0.15) is 22.3 Å². The molecule has 0 fully saturated rings. The molecule has 0 bridgehead atoms. The molecule has 1 nitrogen and oxygen atoms in total. The molecule has 1 heteroatoms. The molecular weight excluding hydrogens is 699 g/mol. The molecule has 0 amide bonds. The Kier molecular flexibility index (Phi) is 8.12. The highest BCUT2D eigenvalue weighted by Gasteiger charge is 2.46. The van der Waals surface area contributed by atoms with Gasteiger partial charge in [-0.3, -0.25) is 0 Å². The number of nitrogens with zero attached hydrogens (tertiary/aromatic N) is 1. The van der Waals surface area contributed by atoms with Crippen LogP contribution in [0, 0.1) is 0 Å². The van der Waals surface area contributed by atoms with E-state index in [1.807, 2.05) is 0 Å². The van der Waals surface area contributed by atoms with Crippen LogP contribution in [0.3, 0.4) is 0 Å².